The average molecular weight is 290 g/mol. The number of ether oxygens (including phenoxy) is 1. The molecule has 1 aromatic carbocycles. The fourth-order valence-corrected chi connectivity index (χ4v) is 2.60. The molecule has 0 saturated carbocycles. The second-order valence-corrected chi connectivity index (χ2v) is 6.09. The Morgan fingerprint density at radius 2 is 2.19 bits per heavy atom. The number of rotatable bonds is 4. The summed E-state index contributed by atoms with van der Waals surface area (Å²) >= 11 is 0. The third-order valence-corrected chi connectivity index (χ3v) is 4.24. The molecule has 4 nitrogen and oxygen atoms in total. The van der Waals surface area contributed by atoms with Crippen molar-refractivity contribution in [1.82, 2.24) is 10.2 Å². The van der Waals surface area contributed by atoms with Crippen molar-refractivity contribution in [2.45, 2.75) is 45.7 Å². The van der Waals surface area contributed by atoms with Crippen LogP contribution in [-0.2, 0) is 4.79 Å². The highest BCUT2D eigenvalue weighted by Gasteiger charge is 2.28. The Hall–Kier alpha value is -1.55. The molecule has 21 heavy (non-hydrogen) atoms. The molecule has 2 unspecified atom stereocenters. The van der Waals surface area contributed by atoms with Crippen LogP contribution < -0.4 is 10.1 Å². The van der Waals surface area contributed by atoms with Crippen LogP contribution in [0.5, 0.6) is 5.75 Å². The Balaban J connectivity index is 1.93. The standard InChI is InChI=1S/C17H26N2O2/c1-12(2)15-6-5-7-16(10-15)21-11-17(20)19-9-8-18-13(3)14(19)4/h5-7,10,12-14,18H,8-9,11H2,1-4H3. The summed E-state index contributed by atoms with van der Waals surface area (Å²) in [4.78, 5) is 14.2. The van der Waals surface area contributed by atoms with E-state index < -0.39 is 0 Å². The molecule has 1 amide bonds. The quantitative estimate of drug-likeness (QED) is 0.926. The Kier molecular flexibility index (Phi) is 5.23. The number of piperazine rings is 1. The normalized spacial score (nSPS) is 22.4. The molecule has 0 spiro atoms. The molecule has 1 aliphatic heterocycles. The van der Waals surface area contributed by atoms with E-state index in [-0.39, 0.29) is 18.6 Å². The van der Waals surface area contributed by atoms with Crippen LogP contribution in [0.2, 0.25) is 0 Å². The van der Waals surface area contributed by atoms with Gasteiger partial charge >= 0.3 is 0 Å². The van der Waals surface area contributed by atoms with Gasteiger partial charge in [-0.15, -0.1) is 0 Å². The summed E-state index contributed by atoms with van der Waals surface area (Å²) in [6.07, 6.45) is 0. The third kappa shape index (κ3) is 3.97. The molecule has 2 atom stereocenters. The van der Waals surface area contributed by atoms with Crippen LogP contribution in [0.3, 0.4) is 0 Å². The SMILES string of the molecule is CC(C)c1cccc(OCC(=O)N2CCNC(C)C2C)c1. The highest BCUT2D eigenvalue weighted by atomic mass is 16.5. The monoisotopic (exact) mass is 290 g/mol. The molecular formula is C17H26N2O2. The number of carbonyl (C=O) groups is 1. The van der Waals surface area contributed by atoms with Gasteiger partial charge < -0.3 is 15.0 Å². The van der Waals surface area contributed by atoms with E-state index in [4.69, 9.17) is 4.74 Å². The summed E-state index contributed by atoms with van der Waals surface area (Å²) in [5.74, 6) is 1.29. The smallest absolute Gasteiger partial charge is 0.260 e. The van der Waals surface area contributed by atoms with Gasteiger partial charge in [0, 0.05) is 25.2 Å². The molecule has 0 radical (unpaired) electrons. The molecule has 116 valence electrons. The minimum absolute atomic E-state index is 0.0609. The second-order valence-electron chi connectivity index (χ2n) is 6.09. The number of nitrogens with one attached hydrogen (secondary N) is 1. The Bertz CT molecular complexity index is 487. The predicted molar refractivity (Wildman–Crippen MR) is 84.7 cm³/mol. The van der Waals surface area contributed by atoms with Gasteiger partial charge in [0.15, 0.2) is 6.61 Å². The highest BCUT2D eigenvalue weighted by Crippen LogP contribution is 2.20. The lowest BCUT2D eigenvalue weighted by Gasteiger charge is -2.38. The molecule has 1 fully saturated rings. The zero-order chi connectivity index (χ0) is 15.4. The van der Waals surface area contributed by atoms with Crippen LogP contribution in [0.25, 0.3) is 0 Å². The van der Waals surface area contributed by atoms with E-state index in [0.717, 1.165) is 18.8 Å². The second kappa shape index (κ2) is 6.94. The first-order valence-corrected chi connectivity index (χ1v) is 7.74. The number of carbonyl (C=O) groups excluding carboxylic acids is 1. The minimum atomic E-state index is 0.0609. The van der Waals surface area contributed by atoms with Crippen molar-refractivity contribution in [1.29, 1.82) is 0 Å². The van der Waals surface area contributed by atoms with Gasteiger partial charge in [-0.25, -0.2) is 0 Å². The number of amides is 1. The number of hydrogen-bond donors (Lipinski definition) is 1. The van der Waals surface area contributed by atoms with Gasteiger partial charge in [0.05, 0.1) is 0 Å². The maximum atomic E-state index is 12.3. The molecule has 1 N–H and O–H groups in total. The van der Waals surface area contributed by atoms with Crippen molar-refractivity contribution < 1.29 is 9.53 Å². The molecule has 1 heterocycles. The molecular weight excluding hydrogens is 264 g/mol. The van der Waals surface area contributed by atoms with Gasteiger partial charge in [-0.1, -0.05) is 26.0 Å². The average Bonchev–Trinajstić information content (AvgIpc) is 2.48. The Labute approximate surface area is 127 Å². The molecule has 1 aromatic rings. The van der Waals surface area contributed by atoms with E-state index >= 15 is 0 Å². The van der Waals surface area contributed by atoms with Gasteiger partial charge in [-0.3, -0.25) is 4.79 Å². The highest BCUT2D eigenvalue weighted by molar-refractivity contribution is 5.78. The van der Waals surface area contributed by atoms with Crippen molar-refractivity contribution in [2.75, 3.05) is 19.7 Å². The Morgan fingerprint density at radius 1 is 1.43 bits per heavy atom. The fraction of sp³-hybridized carbons (Fsp3) is 0.588. The summed E-state index contributed by atoms with van der Waals surface area (Å²) in [6, 6.07) is 8.51. The van der Waals surface area contributed by atoms with Crippen molar-refractivity contribution in [2.24, 2.45) is 0 Å². The summed E-state index contributed by atoms with van der Waals surface area (Å²) in [5, 5.41) is 3.38. The molecule has 0 aliphatic carbocycles. The topological polar surface area (TPSA) is 41.6 Å². The molecule has 0 aromatic heterocycles. The first-order chi connectivity index (χ1) is 9.99. The third-order valence-electron chi connectivity index (χ3n) is 4.24. The Morgan fingerprint density at radius 3 is 2.90 bits per heavy atom. The van der Waals surface area contributed by atoms with E-state index in [1.165, 1.54) is 5.56 Å². The summed E-state index contributed by atoms with van der Waals surface area (Å²) in [7, 11) is 0. The minimum Gasteiger partial charge on any atom is -0.484 e. The first kappa shape index (κ1) is 15.8. The van der Waals surface area contributed by atoms with E-state index in [9.17, 15) is 4.79 Å². The van der Waals surface area contributed by atoms with E-state index in [2.05, 4.69) is 39.1 Å². The van der Waals surface area contributed by atoms with Crippen LogP contribution in [0.15, 0.2) is 24.3 Å². The summed E-state index contributed by atoms with van der Waals surface area (Å²) in [6.45, 7) is 10.2. The zero-order valence-corrected chi connectivity index (χ0v) is 13.4. The van der Waals surface area contributed by atoms with Gasteiger partial charge in [0.25, 0.3) is 5.91 Å². The van der Waals surface area contributed by atoms with Crippen molar-refractivity contribution >= 4 is 5.91 Å². The van der Waals surface area contributed by atoms with Crippen molar-refractivity contribution in [3.8, 4) is 5.75 Å². The van der Waals surface area contributed by atoms with E-state index in [1.807, 2.05) is 23.1 Å². The lowest BCUT2D eigenvalue weighted by atomic mass is 10.0. The molecule has 1 saturated heterocycles. The van der Waals surface area contributed by atoms with Crippen LogP contribution in [0.4, 0.5) is 0 Å². The molecule has 2 rings (SSSR count). The van der Waals surface area contributed by atoms with E-state index in [0.29, 0.717) is 12.0 Å². The van der Waals surface area contributed by atoms with Crippen LogP contribution in [0, 0.1) is 0 Å². The lowest BCUT2D eigenvalue weighted by molar-refractivity contribution is -0.137. The van der Waals surface area contributed by atoms with Crippen LogP contribution in [-0.4, -0.2) is 42.6 Å². The van der Waals surface area contributed by atoms with E-state index in [1.54, 1.807) is 0 Å². The predicted octanol–water partition coefficient (Wildman–Crippen LogP) is 2.40. The van der Waals surface area contributed by atoms with Crippen molar-refractivity contribution in [3.63, 3.8) is 0 Å². The number of nitrogens with zero attached hydrogens (tertiary/aromatic N) is 1. The zero-order valence-electron chi connectivity index (χ0n) is 13.4. The summed E-state index contributed by atoms with van der Waals surface area (Å²) in [5.41, 5.74) is 1.23. The maximum absolute atomic E-state index is 12.3. The maximum Gasteiger partial charge on any atom is 0.260 e. The van der Waals surface area contributed by atoms with Crippen molar-refractivity contribution in [3.05, 3.63) is 29.8 Å². The molecule has 0 bridgehead atoms. The first-order valence-electron chi connectivity index (χ1n) is 7.74. The number of hydrogen-bond acceptors (Lipinski definition) is 3. The number of benzene rings is 1. The van der Waals surface area contributed by atoms with Gasteiger partial charge in [-0.05, 0) is 37.5 Å². The van der Waals surface area contributed by atoms with Gasteiger partial charge in [0.2, 0.25) is 0 Å². The lowest BCUT2D eigenvalue weighted by Crippen LogP contribution is -2.58. The summed E-state index contributed by atoms with van der Waals surface area (Å²) < 4.78 is 5.68. The van der Waals surface area contributed by atoms with Crippen LogP contribution >= 0.6 is 0 Å². The van der Waals surface area contributed by atoms with Gasteiger partial charge in [0.1, 0.15) is 5.75 Å². The van der Waals surface area contributed by atoms with Crippen LogP contribution in [0.1, 0.15) is 39.2 Å². The molecule has 1 aliphatic rings. The molecule has 4 heteroatoms. The fourth-order valence-electron chi connectivity index (χ4n) is 2.60. The largest absolute Gasteiger partial charge is 0.484 e. The van der Waals surface area contributed by atoms with Gasteiger partial charge in [-0.2, -0.15) is 0 Å².